The number of benzene rings is 1. The Bertz CT molecular complexity index is 488. The van der Waals surface area contributed by atoms with Crippen LogP contribution >= 0.6 is 0 Å². The Hall–Kier alpha value is -1.84. The molecule has 0 N–H and O–H groups in total. The van der Waals surface area contributed by atoms with Crippen molar-refractivity contribution in [2.75, 3.05) is 26.2 Å². The van der Waals surface area contributed by atoms with Gasteiger partial charge in [0.15, 0.2) is 0 Å². The van der Waals surface area contributed by atoms with E-state index in [0.29, 0.717) is 39.0 Å². The van der Waals surface area contributed by atoms with Gasteiger partial charge < -0.3 is 9.80 Å². The van der Waals surface area contributed by atoms with Crippen LogP contribution in [0.5, 0.6) is 0 Å². The molecule has 0 saturated carbocycles. The highest BCUT2D eigenvalue weighted by Gasteiger charge is 2.23. The molecule has 0 aliphatic carbocycles. The first-order chi connectivity index (χ1) is 10.1. The van der Waals surface area contributed by atoms with Crippen LogP contribution in [0.25, 0.3) is 0 Å². The predicted molar refractivity (Wildman–Crippen MR) is 83.0 cm³/mol. The summed E-state index contributed by atoms with van der Waals surface area (Å²) in [4.78, 5) is 27.8. The number of hydrogen-bond acceptors (Lipinski definition) is 2. The van der Waals surface area contributed by atoms with Gasteiger partial charge in [0.05, 0.1) is 6.42 Å². The third kappa shape index (κ3) is 4.31. The van der Waals surface area contributed by atoms with Gasteiger partial charge in [-0.2, -0.15) is 0 Å². The Balaban J connectivity index is 1.83. The minimum absolute atomic E-state index is 0.154. The molecule has 0 aromatic heterocycles. The fourth-order valence-electron chi connectivity index (χ4n) is 2.57. The average Bonchev–Trinajstić information content (AvgIpc) is 2.50. The van der Waals surface area contributed by atoms with Crippen LogP contribution in [-0.2, 0) is 16.0 Å². The van der Waals surface area contributed by atoms with Crippen LogP contribution in [0.15, 0.2) is 24.3 Å². The van der Waals surface area contributed by atoms with E-state index in [1.807, 2.05) is 47.9 Å². The van der Waals surface area contributed by atoms with Gasteiger partial charge in [0.25, 0.3) is 0 Å². The molecule has 2 rings (SSSR count). The summed E-state index contributed by atoms with van der Waals surface area (Å²) in [6.45, 7) is 6.69. The molecule has 4 nitrogen and oxygen atoms in total. The van der Waals surface area contributed by atoms with Crippen molar-refractivity contribution in [2.24, 2.45) is 0 Å². The monoisotopic (exact) mass is 288 g/mol. The average molecular weight is 288 g/mol. The summed E-state index contributed by atoms with van der Waals surface area (Å²) in [6, 6.07) is 8.08. The molecule has 114 valence electrons. The van der Waals surface area contributed by atoms with Crippen molar-refractivity contribution in [1.82, 2.24) is 9.80 Å². The number of hydrogen-bond donors (Lipinski definition) is 0. The lowest BCUT2D eigenvalue weighted by molar-refractivity contribution is -0.139. The highest BCUT2D eigenvalue weighted by Crippen LogP contribution is 2.09. The number of amides is 2. The van der Waals surface area contributed by atoms with E-state index < -0.39 is 0 Å². The minimum Gasteiger partial charge on any atom is -0.339 e. The summed E-state index contributed by atoms with van der Waals surface area (Å²) in [6.07, 6.45) is 1.94. The Morgan fingerprint density at radius 2 is 1.48 bits per heavy atom. The highest BCUT2D eigenvalue weighted by molar-refractivity contribution is 5.80. The molecule has 1 fully saturated rings. The van der Waals surface area contributed by atoms with Crippen LogP contribution in [0.1, 0.15) is 30.9 Å². The van der Waals surface area contributed by atoms with Gasteiger partial charge in [-0.05, 0) is 18.9 Å². The maximum absolute atomic E-state index is 12.3. The number of rotatable bonds is 4. The van der Waals surface area contributed by atoms with Crippen molar-refractivity contribution in [3.63, 3.8) is 0 Å². The van der Waals surface area contributed by atoms with Crippen molar-refractivity contribution >= 4 is 11.8 Å². The first kappa shape index (κ1) is 15.5. The van der Waals surface area contributed by atoms with Gasteiger partial charge in [0, 0.05) is 32.6 Å². The molecule has 21 heavy (non-hydrogen) atoms. The standard InChI is InChI=1S/C17H24N2O2/c1-3-4-16(20)18-9-11-19(12-10-18)17(21)13-15-7-5-14(2)6-8-15/h5-8H,3-4,9-13H2,1-2H3. The highest BCUT2D eigenvalue weighted by atomic mass is 16.2. The molecule has 1 aromatic carbocycles. The lowest BCUT2D eigenvalue weighted by Gasteiger charge is -2.35. The molecule has 2 amide bonds. The van der Waals surface area contributed by atoms with E-state index in [1.165, 1.54) is 5.56 Å². The smallest absolute Gasteiger partial charge is 0.227 e. The Labute approximate surface area is 126 Å². The molecule has 0 bridgehead atoms. The van der Waals surface area contributed by atoms with Crippen molar-refractivity contribution in [3.05, 3.63) is 35.4 Å². The lowest BCUT2D eigenvalue weighted by atomic mass is 10.1. The largest absolute Gasteiger partial charge is 0.339 e. The molecule has 1 aromatic rings. The first-order valence-corrected chi connectivity index (χ1v) is 7.71. The van der Waals surface area contributed by atoms with E-state index in [1.54, 1.807) is 0 Å². The second-order valence-corrected chi connectivity index (χ2v) is 5.67. The number of carbonyl (C=O) groups excluding carboxylic acids is 2. The number of nitrogens with zero attached hydrogens (tertiary/aromatic N) is 2. The fourth-order valence-corrected chi connectivity index (χ4v) is 2.57. The van der Waals surface area contributed by atoms with Gasteiger partial charge in [0.2, 0.25) is 11.8 Å². The topological polar surface area (TPSA) is 40.6 Å². The van der Waals surface area contributed by atoms with Crippen LogP contribution in [0.2, 0.25) is 0 Å². The van der Waals surface area contributed by atoms with Gasteiger partial charge >= 0.3 is 0 Å². The molecular formula is C17H24N2O2. The van der Waals surface area contributed by atoms with Gasteiger partial charge in [-0.25, -0.2) is 0 Å². The van der Waals surface area contributed by atoms with Gasteiger partial charge in [-0.1, -0.05) is 36.8 Å². The molecule has 0 unspecified atom stereocenters. The van der Waals surface area contributed by atoms with Crippen molar-refractivity contribution in [3.8, 4) is 0 Å². The van der Waals surface area contributed by atoms with Gasteiger partial charge in [-0.15, -0.1) is 0 Å². The molecule has 1 heterocycles. The summed E-state index contributed by atoms with van der Waals surface area (Å²) in [5.41, 5.74) is 2.25. The molecular weight excluding hydrogens is 264 g/mol. The lowest BCUT2D eigenvalue weighted by Crippen LogP contribution is -2.50. The summed E-state index contributed by atoms with van der Waals surface area (Å²) in [5.74, 6) is 0.365. The van der Waals surface area contributed by atoms with Gasteiger partial charge in [0.1, 0.15) is 0 Å². The molecule has 1 aliphatic heterocycles. The van der Waals surface area contributed by atoms with E-state index >= 15 is 0 Å². The number of piperazine rings is 1. The van der Waals surface area contributed by atoms with Crippen molar-refractivity contribution in [2.45, 2.75) is 33.1 Å². The quantitative estimate of drug-likeness (QED) is 0.850. The molecule has 0 radical (unpaired) electrons. The predicted octanol–water partition coefficient (Wildman–Crippen LogP) is 2.01. The summed E-state index contributed by atoms with van der Waals surface area (Å²) >= 11 is 0. The Morgan fingerprint density at radius 3 is 2.00 bits per heavy atom. The normalized spacial score (nSPS) is 15.1. The SMILES string of the molecule is CCCC(=O)N1CCN(C(=O)Cc2ccc(C)cc2)CC1. The molecule has 1 aliphatic rings. The van der Waals surface area contributed by atoms with Crippen molar-refractivity contribution < 1.29 is 9.59 Å². The van der Waals surface area contributed by atoms with Crippen LogP contribution in [0.4, 0.5) is 0 Å². The fraction of sp³-hybridized carbons (Fsp3) is 0.529. The molecule has 1 saturated heterocycles. The van der Waals surface area contributed by atoms with Crippen molar-refractivity contribution in [1.29, 1.82) is 0 Å². The van der Waals surface area contributed by atoms with E-state index in [4.69, 9.17) is 0 Å². The molecule has 0 atom stereocenters. The van der Waals surface area contributed by atoms with E-state index in [2.05, 4.69) is 0 Å². The second kappa shape index (κ2) is 7.25. The number of carbonyl (C=O) groups is 2. The maximum Gasteiger partial charge on any atom is 0.227 e. The van der Waals surface area contributed by atoms with E-state index in [0.717, 1.165) is 12.0 Å². The zero-order valence-corrected chi connectivity index (χ0v) is 13.0. The Morgan fingerprint density at radius 1 is 0.952 bits per heavy atom. The van der Waals surface area contributed by atoms with Crippen LogP contribution < -0.4 is 0 Å². The zero-order chi connectivity index (χ0) is 15.2. The third-order valence-electron chi connectivity index (χ3n) is 3.92. The minimum atomic E-state index is 0.154. The first-order valence-electron chi connectivity index (χ1n) is 7.71. The summed E-state index contributed by atoms with van der Waals surface area (Å²) in [5, 5.41) is 0. The maximum atomic E-state index is 12.3. The van der Waals surface area contributed by atoms with Crippen LogP contribution in [0.3, 0.4) is 0 Å². The second-order valence-electron chi connectivity index (χ2n) is 5.67. The summed E-state index contributed by atoms with van der Waals surface area (Å²) in [7, 11) is 0. The third-order valence-corrected chi connectivity index (χ3v) is 3.92. The van der Waals surface area contributed by atoms with Gasteiger partial charge in [-0.3, -0.25) is 9.59 Å². The Kier molecular flexibility index (Phi) is 5.37. The molecule has 4 heteroatoms. The van der Waals surface area contributed by atoms with E-state index in [-0.39, 0.29) is 11.8 Å². The number of aryl methyl sites for hydroxylation is 1. The van der Waals surface area contributed by atoms with E-state index in [9.17, 15) is 9.59 Å². The molecule has 0 spiro atoms. The van der Waals surface area contributed by atoms with Crippen LogP contribution in [0, 0.1) is 6.92 Å². The zero-order valence-electron chi connectivity index (χ0n) is 13.0. The van der Waals surface area contributed by atoms with Crippen LogP contribution in [-0.4, -0.2) is 47.8 Å². The summed E-state index contributed by atoms with van der Waals surface area (Å²) < 4.78 is 0.